The molecule has 8 aromatic carbocycles. The fraction of sp³-hybridized carbons (Fsp3) is 0.127. The molecule has 61 heavy (non-hydrogen) atoms. The van der Waals surface area contributed by atoms with E-state index < -0.39 is 16.1 Å². The number of methoxy groups -OCH3 is 4. The van der Waals surface area contributed by atoms with Crippen LogP contribution < -0.4 is 60.4 Å². The summed E-state index contributed by atoms with van der Waals surface area (Å²) in [6, 6.07) is 68.1. The molecule has 4 nitrogen and oxygen atoms in total. The first-order chi connectivity index (χ1) is 29.8. The highest BCUT2D eigenvalue weighted by molar-refractivity contribution is 7.20. The van der Waals surface area contributed by atoms with Crippen LogP contribution in [0.25, 0.3) is 11.1 Å². The van der Waals surface area contributed by atoms with Crippen molar-refractivity contribution in [3.05, 3.63) is 204 Å². The normalized spacial score (nSPS) is 12.0. The Labute approximate surface area is 362 Å². The van der Waals surface area contributed by atoms with Gasteiger partial charge < -0.3 is 18.9 Å². The molecule has 9 rings (SSSR count). The molecule has 0 atom stereocenters. The third-order valence-corrected chi connectivity index (χ3v) is 22.4. The molecule has 0 spiro atoms. The first-order valence-corrected chi connectivity index (χ1v) is 24.8. The second-order valence-electron chi connectivity index (χ2n) is 16.1. The lowest BCUT2D eigenvalue weighted by Crippen LogP contribution is -2.74. The van der Waals surface area contributed by atoms with E-state index in [0.29, 0.717) is 0 Å². The quantitative estimate of drug-likeness (QED) is 0.102. The molecule has 0 N–H and O–H groups in total. The first-order valence-electron chi connectivity index (χ1n) is 20.8. The van der Waals surface area contributed by atoms with Crippen molar-refractivity contribution in [1.29, 1.82) is 0 Å². The summed E-state index contributed by atoms with van der Waals surface area (Å²) < 4.78 is 22.7. The summed E-state index contributed by atoms with van der Waals surface area (Å²) in [5.74, 6) is 3.36. The van der Waals surface area contributed by atoms with E-state index in [1.165, 1.54) is 74.9 Å². The Hall–Kier alpha value is -6.61. The molecule has 302 valence electrons. The molecule has 0 bridgehead atoms. The van der Waals surface area contributed by atoms with E-state index in [-0.39, 0.29) is 0 Å². The number of hydrogen-bond acceptors (Lipinski definition) is 4. The van der Waals surface area contributed by atoms with Crippen molar-refractivity contribution in [3.63, 3.8) is 0 Å². The molecule has 1 aliphatic carbocycles. The number of aryl methyl sites for hydroxylation is 2. The molecule has 0 aliphatic heterocycles. The Balaban J connectivity index is 1.24. The van der Waals surface area contributed by atoms with Gasteiger partial charge in [0.2, 0.25) is 0 Å². The Morgan fingerprint density at radius 1 is 0.295 bits per heavy atom. The summed E-state index contributed by atoms with van der Waals surface area (Å²) in [7, 11) is 1.19. The molecule has 0 amide bonds. The zero-order valence-electron chi connectivity index (χ0n) is 35.7. The van der Waals surface area contributed by atoms with Crippen LogP contribution in [-0.2, 0) is 6.42 Å². The van der Waals surface area contributed by atoms with Crippen LogP contribution in [-0.4, -0.2) is 44.6 Å². The van der Waals surface area contributed by atoms with Crippen LogP contribution in [0.2, 0.25) is 0 Å². The Morgan fingerprint density at radius 2 is 0.525 bits per heavy atom. The molecular formula is C55H50O4Si2. The largest absolute Gasteiger partial charge is 0.497 e. The molecule has 8 aromatic rings. The summed E-state index contributed by atoms with van der Waals surface area (Å²) in [5, 5.41) is 10.6. The van der Waals surface area contributed by atoms with E-state index in [4.69, 9.17) is 18.9 Å². The van der Waals surface area contributed by atoms with Crippen molar-refractivity contribution in [2.24, 2.45) is 0 Å². The van der Waals surface area contributed by atoms with E-state index in [9.17, 15) is 0 Å². The molecule has 0 aromatic heterocycles. The molecule has 0 saturated carbocycles. The van der Waals surface area contributed by atoms with Gasteiger partial charge in [0, 0.05) is 0 Å². The maximum Gasteiger partial charge on any atom is 0.179 e. The number of rotatable bonds is 12. The van der Waals surface area contributed by atoms with Gasteiger partial charge in [0.25, 0.3) is 0 Å². The molecule has 0 saturated heterocycles. The van der Waals surface area contributed by atoms with Crippen LogP contribution in [0.4, 0.5) is 0 Å². The lowest BCUT2D eigenvalue weighted by atomic mass is 10.1. The van der Waals surface area contributed by atoms with Gasteiger partial charge in [0.05, 0.1) is 28.4 Å². The molecule has 6 heteroatoms. The van der Waals surface area contributed by atoms with E-state index in [2.05, 4.69) is 196 Å². The van der Waals surface area contributed by atoms with Crippen molar-refractivity contribution in [1.82, 2.24) is 0 Å². The van der Waals surface area contributed by atoms with Crippen molar-refractivity contribution >= 4 is 57.6 Å². The van der Waals surface area contributed by atoms with Gasteiger partial charge >= 0.3 is 0 Å². The van der Waals surface area contributed by atoms with Gasteiger partial charge in [-0.1, -0.05) is 145 Å². The van der Waals surface area contributed by atoms with Crippen LogP contribution in [0.15, 0.2) is 182 Å². The number of hydrogen-bond donors (Lipinski definition) is 0. The zero-order valence-corrected chi connectivity index (χ0v) is 37.7. The maximum atomic E-state index is 5.68. The maximum absolute atomic E-state index is 5.68. The van der Waals surface area contributed by atoms with Gasteiger partial charge in [0.1, 0.15) is 23.0 Å². The van der Waals surface area contributed by atoms with E-state index in [0.717, 1.165) is 29.4 Å². The van der Waals surface area contributed by atoms with E-state index in [1.54, 1.807) is 28.4 Å². The van der Waals surface area contributed by atoms with Crippen LogP contribution in [0.1, 0.15) is 22.3 Å². The van der Waals surface area contributed by atoms with Crippen LogP contribution in [0.5, 0.6) is 23.0 Å². The minimum Gasteiger partial charge on any atom is -0.497 e. The summed E-state index contributed by atoms with van der Waals surface area (Å²) >= 11 is 0. The van der Waals surface area contributed by atoms with E-state index in [1.807, 2.05) is 0 Å². The lowest BCUT2D eigenvalue weighted by Gasteiger charge is -2.35. The van der Waals surface area contributed by atoms with E-state index >= 15 is 0 Å². The highest BCUT2D eigenvalue weighted by atomic mass is 28.3. The standard InChI is InChI=1S/C55H50O4Si2/c1-38-7-19-46(20-8-38)60(47-21-9-39(2)10-22-47,48-23-11-42(56-3)12-24-48)52-31-33-54-40(36-52)35-41-37-53(32-34-55(41)54)61(49-25-13-43(57-4)14-26-49,50-27-15-44(58-5)16-28-50)51-29-17-45(59-6)18-30-51/h7-34,36-37H,35H2,1-6H3. The van der Waals surface area contributed by atoms with Crippen molar-refractivity contribution in [2.45, 2.75) is 20.3 Å². The second-order valence-corrected chi connectivity index (χ2v) is 23.7. The lowest BCUT2D eigenvalue weighted by molar-refractivity contribution is 0.415. The molecule has 0 heterocycles. The minimum absolute atomic E-state index is 0.835. The number of ether oxygens (including phenoxy) is 4. The summed E-state index contributed by atoms with van der Waals surface area (Å²) in [6.45, 7) is 4.34. The molecule has 1 aliphatic rings. The smallest absolute Gasteiger partial charge is 0.179 e. The average Bonchev–Trinajstić information content (AvgIpc) is 3.69. The number of fused-ring (bicyclic) bond motifs is 3. The Morgan fingerprint density at radius 3 is 0.770 bits per heavy atom. The summed E-state index contributed by atoms with van der Waals surface area (Å²) in [4.78, 5) is 0. The fourth-order valence-corrected chi connectivity index (χ4v) is 19.1. The third kappa shape index (κ3) is 6.86. The van der Waals surface area contributed by atoms with Crippen molar-refractivity contribution in [2.75, 3.05) is 28.4 Å². The SMILES string of the molecule is COc1ccc([Si](c2ccc(C)cc2)(c2ccc(C)cc2)c2ccc3c(c2)Cc2cc([Si](c4ccc(OC)cc4)(c4ccc(OC)cc4)c4ccc(OC)cc4)ccc2-3)cc1. The third-order valence-electron chi connectivity index (χ3n) is 12.8. The monoisotopic (exact) mass is 830 g/mol. The van der Waals surface area contributed by atoms with Gasteiger partial charge in [-0.3, -0.25) is 0 Å². The second kappa shape index (κ2) is 16.4. The topological polar surface area (TPSA) is 36.9 Å². The van der Waals surface area contributed by atoms with Gasteiger partial charge in [-0.15, -0.1) is 0 Å². The number of benzene rings is 8. The Kier molecular flexibility index (Phi) is 10.7. The van der Waals surface area contributed by atoms with Gasteiger partial charge in [-0.25, -0.2) is 0 Å². The predicted octanol–water partition coefficient (Wildman–Crippen LogP) is 6.66. The summed E-state index contributed by atoms with van der Waals surface area (Å²) in [6.07, 6.45) is 0.847. The van der Waals surface area contributed by atoms with Crippen LogP contribution in [0.3, 0.4) is 0 Å². The van der Waals surface area contributed by atoms with Gasteiger partial charge in [0.15, 0.2) is 16.1 Å². The van der Waals surface area contributed by atoms with Crippen molar-refractivity contribution in [3.8, 4) is 34.1 Å². The molecule has 0 radical (unpaired) electrons. The zero-order chi connectivity index (χ0) is 42.1. The fourth-order valence-electron chi connectivity index (χ4n) is 9.65. The highest BCUT2D eigenvalue weighted by Gasteiger charge is 2.44. The molecule has 0 unspecified atom stereocenters. The van der Waals surface area contributed by atoms with Gasteiger partial charge in [-0.05, 0) is 133 Å². The highest BCUT2D eigenvalue weighted by Crippen LogP contribution is 2.36. The van der Waals surface area contributed by atoms with Crippen LogP contribution >= 0.6 is 0 Å². The van der Waals surface area contributed by atoms with Crippen molar-refractivity contribution < 1.29 is 18.9 Å². The summed E-state index contributed by atoms with van der Waals surface area (Å²) in [5.41, 5.74) is 7.82. The average molecular weight is 831 g/mol. The van der Waals surface area contributed by atoms with Gasteiger partial charge in [-0.2, -0.15) is 0 Å². The Bertz CT molecular complexity index is 2640. The van der Waals surface area contributed by atoms with Crippen LogP contribution in [0, 0.1) is 13.8 Å². The predicted molar refractivity (Wildman–Crippen MR) is 258 cm³/mol. The molecular weight excluding hydrogens is 781 g/mol. The minimum atomic E-state index is -2.91. The molecule has 0 fully saturated rings. The first kappa shape index (κ1) is 39.8.